The summed E-state index contributed by atoms with van der Waals surface area (Å²) < 4.78 is 2.92. The summed E-state index contributed by atoms with van der Waals surface area (Å²) in [6.07, 6.45) is 6.18. The van der Waals surface area contributed by atoms with Crippen molar-refractivity contribution in [2.45, 2.75) is 38.6 Å². The number of hydrogen-bond donors (Lipinski definition) is 1. The summed E-state index contributed by atoms with van der Waals surface area (Å²) in [6, 6.07) is 7.22. The first-order chi connectivity index (χ1) is 14.1. The van der Waals surface area contributed by atoms with Gasteiger partial charge in [0.2, 0.25) is 5.91 Å². The molecule has 146 valence electrons. The molecule has 0 spiro atoms. The van der Waals surface area contributed by atoms with Crippen molar-refractivity contribution in [3.8, 4) is 0 Å². The quantitative estimate of drug-likeness (QED) is 0.559. The molecule has 4 heterocycles. The van der Waals surface area contributed by atoms with Crippen molar-refractivity contribution < 1.29 is 4.79 Å². The van der Waals surface area contributed by atoms with Crippen LogP contribution >= 0.6 is 0 Å². The minimum absolute atomic E-state index is 0.174. The summed E-state index contributed by atoms with van der Waals surface area (Å²) in [5.41, 5.74) is 3.35. The number of anilines is 1. The predicted octanol–water partition coefficient (Wildman–Crippen LogP) is 1.91. The van der Waals surface area contributed by atoms with E-state index in [1.807, 2.05) is 19.1 Å². The molecule has 1 amide bonds. The van der Waals surface area contributed by atoms with Gasteiger partial charge in [-0.25, -0.2) is 4.68 Å². The van der Waals surface area contributed by atoms with Crippen molar-refractivity contribution in [3.63, 3.8) is 0 Å². The van der Waals surface area contributed by atoms with E-state index in [1.54, 1.807) is 29.1 Å². The molecule has 4 aromatic heterocycles. The molecule has 1 aliphatic rings. The van der Waals surface area contributed by atoms with E-state index < -0.39 is 0 Å². The Hall–Kier alpha value is -3.62. The second-order valence-electron chi connectivity index (χ2n) is 7.23. The Balaban J connectivity index is 1.44. The minimum Gasteiger partial charge on any atom is -0.323 e. The average Bonchev–Trinajstić information content (AvgIpc) is 3.47. The molecular formula is C20H19N7O2. The maximum absolute atomic E-state index is 12.9. The van der Waals surface area contributed by atoms with Crippen LogP contribution in [0, 0.1) is 0 Å². The SMILES string of the molecule is CCc1nn(CC(=O)Nc2ccc3nncn3c2)c(=O)c2ccc(C3CC3)nc12. The lowest BCUT2D eigenvalue weighted by Gasteiger charge is -2.11. The molecule has 29 heavy (non-hydrogen) atoms. The number of aryl methyl sites for hydroxylation is 1. The molecule has 1 N–H and O–H groups in total. The Kier molecular flexibility index (Phi) is 4.08. The van der Waals surface area contributed by atoms with Gasteiger partial charge in [-0.3, -0.25) is 19.0 Å². The first kappa shape index (κ1) is 17.5. The summed E-state index contributed by atoms with van der Waals surface area (Å²) in [5.74, 6) is 0.163. The number of fused-ring (bicyclic) bond motifs is 2. The number of rotatable bonds is 5. The van der Waals surface area contributed by atoms with E-state index in [2.05, 4.69) is 25.6 Å². The van der Waals surface area contributed by atoms with Gasteiger partial charge >= 0.3 is 0 Å². The fraction of sp³-hybridized carbons (Fsp3) is 0.300. The highest BCUT2D eigenvalue weighted by molar-refractivity contribution is 5.90. The van der Waals surface area contributed by atoms with E-state index >= 15 is 0 Å². The predicted molar refractivity (Wildman–Crippen MR) is 107 cm³/mol. The Morgan fingerprint density at radius 2 is 2.10 bits per heavy atom. The molecule has 1 fully saturated rings. The lowest BCUT2D eigenvalue weighted by molar-refractivity contribution is -0.117. The smallest absolute Gasteiger partial charge is 0.276 e. The molecule has 0 aliphatic heterocycles. The number of nitrogens with zero attached hydrogens (tertiary/aromatic N) is 6. The van der Waals surface area contributed by atoms with Crippen molar-refractivity contribution >= 4 is 28.1 Å². The molecule has 9 nitrogen and oxygen atoms in total. The average molecular weight is 389 g/mol. The van der Waals surface area contributed by atoms with Crippen molar-refractivity contribution in [1.82, 2.24) is 29.4 Å². The Morgan fingerprint density at radius 3 is 2.90 bits per heavy atom. The molecule has 5 rings (SSSR count). The van der Waals surface area contributed by atoms with Crippen LogP contribution in [-0.2, 0) is 17.8 Å². The molecule has 0 atom stereocenters. The number of carbonyl (C=O) groups excluding carboxylic acids is 1. The van der Waals surface area contributed by atoms with Crippen LogP contribution in [0.25, 0.3) is 16.6 Å². The van der Waals surface area contributed by atoms with Gasteiger partial charge in [0, 0.05) is 17.8 Å². The fourth-order valence-corrected chi connectivity index (χ4v) is 3.43. The largest absolute Gasteiger partial charge is 0.323 e. The lowest BCUT2D eigenvalue weighted by Crippen LogP contribution is -2.31. The maximum atomic E-state index is 12.9. The van der Waals surface area contributed by atoms with Crippen LogP contribution in [0.1, 0.15) is 37.1 Å². The number of pyridine rings is 2. The molecule has 9 heteroatoms. The van der Waals surface area contributed by atoms with Gasteiger partial charge in [0.05, 0.1) is 22.3 Å². The molecule has 0 unspecified atom stereocenters. The molecule has 1 aliphatic carbocycles. The van der Waals surface area contributed by atoms with E-state index in [0.29, 0.717) is 34.6 Å². The van der Waals surface area contributed by atoms with E-state index in [0.717, 1.165) is 24.2 Å². The summed E-state index contributed by atoms with van der Waals surface area (Å²) in [6.45, 7) is 1.79. The fourth-order valence-electron chi connectivity index (χ4n) is 3.43. The van der Waals surface area contributed by atoms with Crippen LogP contribution in [0.2, 0.25) is 0 Å². The van der Waals surface area contributed by atoms with Crippen LogP contribution in [0.5, 0.6) is 0 Å². The minimum atomic E-state index is -0.337. The zero-order valence-corrected chi connectivity index (χ0v) is 15.9. The van der Waals surface area contributed by atoms with Gasteiger partial charge in [-0.05, 0) is 43.5 Å². The molecule has 0 radical (unpaired) electrons. The number of amides is 1. The Bertz CT molecular complexity index is 1300. The highest BCUT2D eigenvalue weighted by Gasteiger charge is 2.26. The van der Waals surface area contributed by atoms with Gasteiger partial charge in [0.15, 0.2) is 5.65 Å². The monoisotopic (exact) mass is 389 g/mol. The molecule has 0 aromatic carbocycles. The molecular weight excluding hydrogens is 370 g/mol. The van der Waals surface area contributed by atoms with Gasteiger partial charge in [-0.2, -0.15) is 5.10 Å². The summed E-state index contributed by atoms with van der Waals surface area (Å²) in [4.78, 5) is 30.1. The van der Waals surface area contributed by atoms with Crippen LogP contribution in [0.3, 0.4) is 0 Å². The first-order valence-corrected chi connectivity index (χ1v) is 9.62. The van der Waals surface area contributed by atoms with Crippen LogP contribution in [-0.4, -0.2) is 35.3 Å². The van der Waals surface area contributed by atoms with E-state index in [-0.39, 0.29) is 18.0 Å². The van der Waals surface area contributed by atoms with Gasteiger partial charge < -0.3 is 5.32 Å². The van der Waals surface area contributed by atoms with E-state index in [4.69, 9.17) is 0 Å². The third-order valence-corrected chi connectivity index (χ3v) is 5.09. The zero-order chi connectivity index (χ0) is 20.0. The number of hydrogen-bond acceptors (Lipinski definition) is 6. The van der Waals surface area contributed by atoms with Gasteiger partial charge in [0.1, 0.15) is 12.9 Å². The molecule has 0 bridgehead atoms. The molecule has 1 saturated carbocycles. The van der Waals surface area contributed by atoms with Crippen LogP contribution in [0.15, 0.2) is 41.6 Å². The summed E-state index contributed by atoms with van der Waals surface area (Å²) >= 11 is 0. The second kappa shape index (κ2) is 6.77. The van der Waals surface area contributed by atoms with E-state index in [1.165, 1.54) is 4.68 Å². The topological polar surface area (TPSA) is 107 Å². The van der Waals surface area contributed by atoms with Crippen molar-refractivity contribution in [2.24, 2.45) is 0 Å². The van der Waals surface area contributed by atoms with Crippen molar-refractivity contribution in [3.05, 3.63) is 58.5 Å². The highest BCUT2D eigenvalue weighted by atomic mass is 16.2. The van der Waals surface area contributed by atoms with Crippen LogP contribution < -0.4 is 10.9 Å². The summed E-state index contributed by atoms with van der Waals surface area (Å²) in [5, 5.41) is 15.4. The number of carbonyl (C=O) groups is 1. The van der Waals surface area contributed by atoms with E-state index in [9.17, 15) is 9.59 Å². The molecule has 0 saturated heterocycles. The van der Waals surface area contributed by atoms with Gasteiger partial charge in [-0.15, -0.1) is 10.2 Å². The Morgan fingerprint density at radius 1 is 1.24 bits per heavy atom. The molecule has 4 aromatic rings. The van der Waals surface area contributed by atoms with Crippen molar-refractivity contribution in [1.29, 1.82) is 0 Å². The second-order valence-corrected chi connectivity index (χ2v) is 7.23. The normalized spacial score (nSPS) is 13.8. The third-order valence-electron chi connectivity index (χ3n) is 5.09. The Labute approximate surface area is 165 Å². The third kappa shape index (κ3) is 3.24. The standard InChI is InChI=1S/C20H19N7O2/c1-2-15-19-14(6-7-16(23-19)12-3-4-12)20(29)27(25-15)10-18(28)22-13-5-8-17-24-21-11-26(17)9-13/h5-9,11-12H,2-4,10H2,1H3,(H,22,28). The highest BCUT2D eigenvalue weighted by Crippen LogP contribution is 2.39. The maximum Gasteiger partial charge on any atom is 0.276 e. The summed E-state index contributed by atoms with van der Waals surface area (Å²) in [7, 11) is 0. The zero-order valence-electron chi connectivity index (χ0n) is 15.9. The first-order valence-electron chi connectivity index (χ1n) is 9.62. The van der Waals surface area contributed by atoms with Crippen LogP contribution in [0.4, 0.5) is 5.69 Å². The number of aromatic nitrogens is 6. The van der Waals surface area contributed by atoms with Crippen molar-refractivity contribution in [2.75, 3.05) is 5.32 Å². The lowest BCUT2D eigenvalue weighted by atomic mass is 10.1. The van der Waals surface area contributed by atoms with Gasteiger partial charge in [-0.1, -0.05) is 6.92 Å². The number of nitrogens with one attached hydrogen (secondary N) is 1. The van der Waals surface area contributed by atoms with Gasteiger partial charge in [0.25, 0.3) is 5.56 Å².